The van der Waals surface area contributed by atoms with Crippen molar-refractivity contribution >= 4 is 17.5 Å². The number of ether oxygens (including phenoxy) is 2. The second-order valence-electron chi connectivity index (χ2n) is 7.58. The van der Waals surface area contributed by atoms with Crippen molar-refractivity contribution in [1.82, 2.24) is 24.7 Å². The van der Waals surface area contributed by atoms with Crippen LogP contribution in [0.5, 0.6) is 11.5 Å². The third kappa shape index (κ3) is 5.38. The number of esters is 1. The molecule has 0 radical (unpaired) electrons. The highest BCUT2D eigenvalue weighted by molar-refractivity contribution is 5.98. The lowest BCUT2D eigenvalue weighted by Gasteiger charge is -2.20. The highest BCUT2D eigenvalue weighted by atomic mass is 16.5. The first kappa shape index (κ1) is 24.1. The maximum absolute atomic E-state index is 12.7. The minimum Gasteiger partial charge on any atom is -0.494 e. The van der Waals surface area contributed by atoms with Gasteiger partial charge in [-0.2, -0.15) is 0 Å². The van der Waals surface area contributed by atoms with Gasteiger partial charge in [0.1, 0.15) is 23.4 Å². The van der Waals surface area contributed by atoms with Crippen molar-refractivity contribution < 1.29 is 14.3 Å². The SMILES string of the molecule is CCOc1cccc(C(Nc2ccc(C(=N)N)c(OC(C)=O)c2)c2nn(-c3ncccn3)c(=O)[nH]2)c1. The Hall–Kier alpha value is -5.00. The summed E-state index contributed by atoms with van der Waals surface area (Å²) in [6.45, 7) is 3.63. The number of nitrogens with zero attached hydrogens (tertiary/aromatic N) is 4. The van der Waals surface area contributed by atoms with E-state index < -0.39 is 17.7 Å². The van der Waals surface area contributed by atoms with Crippen molar-refractivity contribution in [1.29, 1.82) is 5.41 Å². The second-order valence-corrected chi connectivity index (χ2v) is 7.58. The molecule has 0 spiro atoms. The normalized spacial score (nSPS) is 11.5. The first-order valence-corrected chi connectivity index (χ1v) is 11.0. The smallest absolute Gasteiger partial charge is 0.350 e. The molecule has 0 aliphatic heterocycles. The molecule has 4 aromatic rings. The van der Waals surface area contributed by atoms with E-state index in [1.54, 1.807) is 24.3 Å². The molecule has 12 nitrogen and oxygen atoms in total. The third-order valence-electron chi connectivity index (χ3n) is 4.99. The van der Waals surface area contributed by atoms with Crippen LogP contribution in [0.4, 0.5) is 5.69 Å². The molecule has 0 aliphatic rings. The Bertz CT molecular complexity index is 1450. The number of hydrogen-bond acceptors (Lipinski definition) is 9. The Kier molecular flexibility index (Phi) is 7.04. The van der Waals surface area contributed by atoms with Crippen molar-refractivity contribution in [2.75, 3.05) is 11.9 Å². The van der Waals surface area contributed by atoms with Gasteiger partial charge >= 0.3 is 11.7 Å². The van der Waals surface area contributed by atoms with Gasteiger partial charge in [0.25, 0.3) is 5.95 Å². The molecule has 1 atom stereocenters. The summed E-state index contributed by atoms with van der Waals surface area (Å²) < 4.78 is 12.0. The van der Waals surface area contributed by atoms with Crippen LogP contribution in [0.1, 0.15) is 36.8 Å². The predicted molar refractivity (Wildman–Crippen MR) is 132 cm³/mol. The van der Waals surface area contributed by atoms with Crippen LogP contribution in [0.2, 0.25) is 0 Å². The number of aromatic nitrogens is 5. The number of anilines is 1. The molecule has 0 fully saturated rings. The average molecular weight is 489 g/mol. The molecule has 0 aliphatic carbocycles. The maximum Gasteiger partial charge on any atom is 0.350 e. The summed E-state index contributed by atoms with van der Waals surface area (Å²) in [4.78, 5) is 35.3. The van der Waals surface area contributed by atoms with Crippen LogP contribution in [-0.2, 0) is 4.79 Å². The summed E-state index contributed by atoms with van der Waals surface area (Å²) in [6.07, 6.45) is 3.02. The highest BCUT2D eigenvalue weighted by Crippen LogP contribution is 2.30. The van der Waals surface area contributed by atoms with Crippen molar-refractivity contribution in [2.45, 2.75) is 19.9 Å². The molecule has 12 heteroatoms. The summed E-state index contributed by atoms with van der Waals surface area (Å²) in [7, 11) is 0. The standard InChI is InChI=1S/C24H24N8O4/c1-3-35-17-7-4-6-15(12-17)20(22-30-24(34)32(31-22)23-27-10-5-11-28-23)29-16-8-9-18(21(25)26)19(13-16)36-14(2)33/h4-13,20,29H,3H2,1-2H3,(H3,25,26)(H,30,31,34). The Balaban J connectivity index is 1.79. The van der Waals surface area contributed by atoms with Crippen molar-refractivity contribution in [3.8, 4) is 17.4 Å². The van der Waals surface area contributed by atoms with E-state index in [-0.39, 0.29) is 28.9 Å². The fourth-order valence-corrected chi connectivity index (χ4v) is 3.51. The number of aromatic amines is 1. The Morgan fingerprint density at radius 1 is 1.19 bits per heavy atom. The van der Waals surface area contributed by atoms with Gasteiger partial charge in [-0.3, -0.25) is 15.2 Å². The van der Waals surface area contributed by atoms with E-state index in [4.69, 9.17) is 20.6 Å². The molecule has 0 amide bonds. The summed E-state index contributed by atoms with van der Waals surface area (Å²) in [5.74, 6) is 0.368. The molecule has 2 aromatic carbocycles. The number of nitrogens with one attached hydrogen (secondary N) is 3. The van der Waals surface area contributed by atoms with Gasteiger partial charge in [0.2, 0.25) is 0 Å². The average Bonchev–Trinajstić information content (AvgIpc) is 3.24. The number of nitrogen functional groups attached to an aromatic ring is 1. The Morgan fingerprint density at radius 2 is 1.97 bits per heavy atom. The topological polar surface area (TPSA) is 174 Å². The Labute approximate surface area is 205 Å². The molecule has 0 saturated carbocycles. The van der Waals surface area contributed by atoms with E-state index in [0.717, 1.165) is 10.2 Å². The number of amidine groups is 1. The van der Waals surface area contributed by atoms with E-state index in [9.17, 15) is 9.59 Å². The lowest BCUT2D eigenvalue weighted by Crippen LogP contribution is -2.18. The zero-order valence-corrected chi connectivity index (χ0v) is 19.6. The van der Waals surface area contributed by atoms with Gasteiger partial charge in [-0.25, -0.2) is 14.8 Å². The number of carbonyl (C=O) groups is 1. The molecule has 4 rings (SSSR count). The zero-order chi connectivity index (χ0) is 25.7. The largest absolute Gasteiger partial charge is 0.494 e. The van der Waals surface area contributed by atoms with E-state index in [2.05, 4.69) is 25.4 Å². The number of carbonyl (C=O) groups excluding carboxylic acids is 1. The molecule has 36 heavy (non-hydrogen) atoms. The van der Waals surface area contributed by atoms with Gasteiger partial charge in [-0.05, 0) is 42.8 Å². The lowest BCUT2D eigenvalue weighted by molar-refractivity contribution is -0.131. The van der Waals surface area contributed by atoms with E-state index in [1.165, 1.54) is 19.3 Å². The molecular formula is C24H24N8O4. The molecule has 1 unspecified atom stereocenters. The number of rotatable bonds is 9. The zero-order valence-electron chi connectivity index (χ0n) is 19.6. The molecule has 0 saturated heterocycles. The molecule has 2 heterocycles. The fourth-order valence-electron chi connectivity index (χ4n) is 3.51. The molecule has 5 N–H and O–H groups in total. The highest BCUT2D eigenvalue weighted by Gasteiger charge is 2.22. The van der Waals surface area contributed by atoms with E-state index in [0.29, 0.717) is 18.0 Å². The minimum atomic E-state index is -0.656. The minimum absolute atomic E-state index is 0.120. The van der Waals surface area contributed by atoms with Gasteiger partial charge in [-0.15, -0.1) is 9.78 Å². The first-order chi connectivity index (χ1) is 17.4. The summed E-state index contributed by atoms with van der Waals surface area (Å²) in [5, 5.41) is 15.5. The van der Waals surface area contributed by atoms with Crippen LogP contribution in [0, 0.1) is 5.41 Å². The van der Waals surface area contributed by atoms with Crippen molar-refractivity contribution in [3.05, 3.63) is 88.4 Å². The lowest BCUT2D eigenvalue weighted by atomic mass is 10.0. The fraction of sp³-hybridized carbons (Fsp3) is 0.167. The number of benzene rings is 2. The van der Waals surface area contributed by atoms with Crippen molar-refractivity contribution in [3.63, 3.8) is 0 Å². The molecule has 0 bridgehead atoms. The first-order valence-electron chi connectivity index (χ1n) is 11.0. The van der Waals surface area contributed by atoms with Gasteiger partial charge in [0, 0.05) is 31.1 Å². The van der Waals surface area contributed by atoms with Crippen LogP contribution in [0.15, 0.2) is 65.7 Å². The van der Waals surface area contributed by atoms with E-state index >= 15 is 0 Å². The maximum atomic E-state index is 12.7. The van der Waals surface area contributed by atoms with E-state index in [1.807, 2.05) is 31.2 Å². The monoisotopic (exact) mass is 488 g/mol. The summed E-state index contributed by atoms with van der Waals surface area (Å²) in [5.41, 5.74) is 6.65. The molecule has 2 aromatic heterocycles. The van der Waals surface area contributed by atoms with Crippen LogP contribution in [0.25, 0.3) is 5.95 Å². The predicted octanol–water partition coefficient (Wildman–Crippen LogP) is 2.16. The van der Waals surface area contributed by atoms with Crippen LogP contribution < -0.4 is 26.2 Å². The summed E-state index contributed by atoms with van der Waals surface area (Å²) >= 11 is 0. The van der Waals surface area contributed by atoms with Crippen LogP contribution in [0.3, 0.4) is 0 Å². The number of hydrogen-bond donors (Lipinski definition) is 4. The van der Waals surface area contributed by atoms with Crippen molar-refractivity contribution in [2.24, 2.45) is 5.73 Å². The quantitative estimate of drug-likeness (QED) is 0.119. The van der Waals surface area contributed by atoms with Gasteiger partial charge in [0.15, 0.2) is 5.82 Å². The number of nitrogens with two attached hydrogens (primary N) is 1. The molecular weight excluding hydrogens is 464 g/mol. The second kappa shape index (κ2) is 10.5. The molecule has 184 valence electrons. The summed E-state index contributed by atoms with van der Waals surface area (Å²) in [6, 6.07) is 13.1. The van der Waals surface area contributed by atoms with Gasteiger partial charge in [0.05, 0.1) is 12.2 Å². The van der Waals surface area contributed by atoms with Gasteiger partial charge in [-0.1, -0.05) is 12.1 Å². The Morgan fingerprint density at radius 3 is 2.67 bits per heavy atom. The van der Waals surface area contributed by atoms with Crippen LogP contribution >= 0.6 is 0 Å². The van der Waals surface area contributed by atoms with Crippen LogP contribution in [-0.4, -0.2) is 43.1 Å². The van der Waals surface area contributed by atoms with Gasteiger partial charge < -0.3 is 20.5 Å². The number of H-pyrrole nitrogens is 1. The third-order valence-corrected chi connectivity index (χ3v) is 4.99.